The molecule has 10 rings (SSSR count). The molecule has 0 saturated carbocycles. The second kappa shape index (κ2) is 12.5. The van der Waals surface area contributed by atoms with Gasteiger partial charge in [0.1, 0.15) is 0 Å². The molecule has 0 atom stereocenters. The van der Waals surface area contributed by atoms with Gasteiger partial charge in [-0.3, -0.25) is 0 Å². The largest absolute Gasteiger partial charge is 0.310 e. The number of rotatable bonds is 6. The smallest absolute Gasteiger partial charge is 0.0714 e. The Morgan fingerprint density at radius 3 is 1.77 bits per heavy atom. The highest BCUT2D eigenvalue weighted by Gasteiger charge is 2.46. The number of anilines is 3. The van der Waals surface area contributed by atoms with Gasteiger partial charge >= 0.3 is 0 Å². The van der Waals surface area contributed by atoms with Gasteiger partial charge < -0.3 is 4.90 Å². The minimum atomic E-state index is -0.497. The Hall–Kier alpha value is -6.18. The molecule has 2 aliphatic rings. The minimum absolute atomic E-state index is 0.497. The maximum absolute atomic E-state index is 2.53. The lowest BCUT2D eigenvalue weighted by atomic mass is 9.67. The van der Waals surface area contributed by atoms with Crippen LogP contribution in [-0.4, -0.2) is 0 Å². The number of fused-ring (bicyclic) bond motifs is 5. The zero-order chi connectivity index (χ0) is 34.5. The molecule has 0 bridgehead atoms. The molecule has 1 heteroatoms. The summed E-state index contributed by atoms with van der Waals surface area (Å²) in [6, 6.07) is 70.2. The Bertz CT molecular complexity index is 2530. The van der Waals surface area contributed by atoms with Crippen molar-refractivity contribution in [3.8, 4) is 22.3 Å². The Kier molecular flexibility index (Phi) is 7.39. The number of benzene rings is 8. The quantitative estimate of drug-likeness (QED) is 0.171. The summed E-state index contributed by atoms with van der Waals surface area (Å²) >= 11 is 0. The highest BCUT2D eigenvalue weighted by molar-refractivity contribution is 5.98. The molecule has 0 saturated heterocycles. The first-order chi connectivity index (χ1) is 25.8. The van der Waals surface area contributed by atoms with Crippen LogP contribution in [0.15, 0.2) is 188 Å². The van der Waals surface area contributed by atoms with Crippen molar-refractivity contribution in [2.75, 3.05) is 4.90 Å². The average Bonchev–Trinajstić information content (AvgIpc) is 3.51. The molecule has 248 valence electrons. The summed E-state index contributed by atoms with van der Waals surface area (Å²) in [5.41, 5.74) is 16.3. The summed E-state index contributed by atoms with van der Waals surface area (Å²) < 4.78 is 0. The van der Waals surface area contributed by atoms with E-state index in [9.17, 15) is 0 Å². The van der Waals surface area contributed by atoms with E-state index in [0.29, 0.717) is 0 Å². The molecular weight excluding hydrogens is 627 g/mol. The lowest BCUT2D eigenvalue weighted by Gasteiger charge is -2.35. The fraction of sp³-hybridized carbons (Fsp3) is 0.0980. The molecule has 0 aliphatic heterocycles. The van der Waals surface area contributed by atoms with Crippen LogP contribution in [-0.2, 0) is 18.3 Å². The Labute approximate surface area is 306 Å². The first kappa shape index (κ1) is 30.6. The molecule has 0 spiro atoms. The van der Waals surface area contributed by atoms with Crippen molar-refractivity contribution in [2.45, 2.75) is 31.1 Å². The lowest BCUT2D eigenvalue weighted by molar-refractivity contribution is 0.686. The molecule has 0 aromatic heterocycles. The molecule has 0 radical (unpaired) electrons. The minimum Gasteiger partial charge on any atom is -0.310 e. The van der Waals surface area contributed by atoms with E-state index in [-0.39, 0.29) is 0 Å². The van der Waals surface area contributed by atoms with Crippen LogP contribution in [0.2, 0.25) is 0 Å². The summed E-state index contributed by atoms with van der Waals surface area (Å²) in [5.74, 6) is 0. The first-order valence-corrected chi connectivity index (χ1v) is 18.6. The van der Waals surface area contributed by atoms with Crippen molar-refractivity contribution in [1.29, 1.82) is 0 Å². The third-order valence-electron chi connectivity index (χ3n) is 11.5. The third-order valence-corrected chi connectivity index (χ3v) is 11.5. The van der Waals surface area contributed by atoms with Gasteiger partial charge in [0, 0.05) is 16.9 Å². The lowest BCUT2D eigenvalue weighted by Crippen LogP contribution is -2.28. The molecule has 1 nitrogen and oxygen atoms in total. The standard InChI is InChI=1S/C51H39N/c1-4-20-41(21-5-1)51(42-22-6-2-7-23-42)48-27-15-14-26-45(48)47-34-46(40-29-28-36-16-10-12-18-38(36)32-40)50(35-49(47)51)52(43-24-8-3-9-25-43)44-31-30-37-17-11-13-19-39(37)33-44/h1-9,11,13-15,17,19-35H,10,12,16,18H2. The summed E-state index contributed by atoms with van der Waals surface area (Å²) in [7, 11) is 0. The van der Waals surface area contributed by atoms with Crippen LogP contribution in [0, 0.1) is 0 Å². The Morgan fingerprint density at radius 2 is 1.02 bits per heavy atom. The van der Waals surface area contributed by atoms with E-state index in [2.05, 4.69) is 193 Å². The van der Waals surface area contributed by atoms with Crippen LogP contribution in [0.4, 0.5) is 17.1 Å². The maximum atomic E-state index is 2.53. The highest BCUT2D eigenvalue weighted by Crippen LogP contribution is 2.59. The molecule has 0 amide bonds. The summed E-state index contributed by atoms with van der Waals surface area (Å²) in [5, 5.41) is 2.47. The molecule has 2 aliphatic carbocycles. The molecule has 0 unspecified atom stereocenters. The van der Waals surface area contributed by atoms with Gasteiger partial charge in [0.15, 0.2) is 0 Å². The van der Waals surface area contributed by atoms with E-state index in [1.807, 2.05) is 0 Å². The van der Waals surface area contributed by atoms with Gasteiger partial charge in [-0.15, -0.1) is 0 Å². The number of para-hydroxylation sites is 1. The van der Waals surface area contributed by atoms with Crippen molar-refractivity contribution < 1.29 is 0 Å². The second-order valence-corrected chi connectivity index (χ2v) is 14.3. The van der Waals surface area contributed by atoms with Gasteiger partial charge in [0.05, 0.1) is 11.1 Å². The number of hydrogen-bond donors (Lipinski definition) is 0. The second-order valence-electron chi connectivity index (χ2n) is 14.3. The van der Waals surface area contributed by atoms with Crippen molar-refractivity contribution in [3.05, 3.63) is 221 Å². The van der Waals surface area contributed by atoms with E-state index in [1.165, 1.54) is 91.4 Å². The van der Waals surface area contributed by atoms with Crippen LogP contribution < -0.4 is 4.90 Å². The van der Waals surface area contributed by atoms with Crippen LogP contribution in [0.5, 0.6) is 0 Å². The highest BCUT2D eigenvalue weighted by atomic mass is 15.1. The van der Waals surface area contributed by atoms with Crippen molar-refractivity contribution in [1.82, 2.24) is 0 Å². The molecule has 0 N–H and O–H groups in total. The Morgan fingerprint density at radius 1 is 0.385 bits per heavy atom. The van der Waals surface area contributed by atoms with E-state index < -0.39 is 5.41 Å². The zero-order valence-corrected chi connectivity index (χ0v) is 29.2. The van der Waals surface area contributed by atoms with Gasteiger partial charge in [-0.05, 0) is 123 Å². The fourth-order valence-corrected chi connectivity index (χ4v) is 9.11. The maximum Gasteiger partial charge on any atom is 0.0714 e. The first-order valence-electron chi connectivity index (χ1n) is 18.6. The monoisotopic (exact) mass is 665 g/mol. The molecular formula is C51H39N. The number of nitrogens with zero attached hydrogens (tertiary/aromatic N) is 1. The summed E-state index contributed by atoms with van der Waals surface area (Å²) in [4.78, 5) is 2.49. The molecule has 0 fully saturated rings. The van der Waals surface area contributed by atoms with E-state index in [1.54, 1.807) is 0 Å². The van der Waals surface area contributed by atoms with Crippen molar-refractivity contribution in [3.63, 3.8) is 0 Å². The summed E-state index contributed by atoms with van der Waals surface area (Å²) in [6.45, 7) is 0. The van der Waals surface area contributed by atoms with Crippen LogP contribution in [0.1, 0.15) is 46.2 Å². The molecule has 8 aromatic carbocycles. The van der Waals surface area contributed by atoms with Gasteiger partial charge in [-0.2, -0.15) is 0 Å². The van der Waals surface area contributed by atoms with Crippen molar-refractivity contribution in [2.24, 2.45) is 0 Å². The summed E-state index contributed by atoms with van der Waals surface area (Å²) in [6.07, 6.45) is 4.84. The molecule has 0 heterocycles. The van der Waals surface area contributed by atoms with Crippen molar-refractivity contribution >= 4 is 27.8 Å². The predicted molar refractivity (Wildman–Crippen MR) is 218 cm³/mol. The molecule has 52 heavy (non-hydrogen) atoms. The van der Waals surface area contributed by atoms with Crippen LogP contribution in [0.3, 0.4) is 0 Å². The number of hydrogen-bond acceptors (Lipinski definition) is 1. The van der Waals surface area contributed by atoms with Crippen LogP contribution >= 0.6 is 0 Å². The topological polar surface area (TPSA) is 3.24 Å². The number of aryl methyl sites for hydroxylation is 2. The fourth-order valence-electron chi connectivity index (χ4n) is 9.11. The van der Waals surface area contributed by atoms with Crippen LogP contribution in [0.25, 0.3) is 33.0 Å². The van der Waals surface area contributed by atoms with Gasteiger partial charge in [-0.25, -0.2) is 0 Å². The average molecular weight is 666 g/mol. The van der Waals surface area contributed by atoms with Gasteiger partial charge in [-0.1, -0.05) is 152 Å². The third kappa shape index (κ3) is 4.84. The van der Waals surface area contributed by atoms with Gasteiger partial charge in [0.25, 0.3) is 0 Å². The van der Waals surface area contributed by atoms with Gasteiger partial charge in [0.2, 0.25) is 0 Å². The normalized spacial score (nSPS) is 14.0. The SMILES string of the molecule is c1ccc(N(c2ccc3ccccc3c2)c2cc3c(cc2-c2ccc4c(c2)CCCC4)-c2ccccc2C3(c2ccccc2)c2ccccc2)cc1. The Balaban J connectivity index is 1.33. The van der Waals surface area contributed by atoms with E-state index in [4.69, 9.17) is 0 Å². The van der Waals surface area contributed by atoms with E-state index in [0.717, 1.165) is 17.8 Å². The zero-order valence-electron chi connectivity index (χ0n) is 29.2. The molecule has 8 aromatic rings. The van der Waals surface area contributed by atoms with E-state index >= 15 is 0 Å². The predicted octanol–water partition coefficient (Wildman–Crippen LogP) is 13.2.